The van der Waals surface area contributed by atoms with E-state index >= 15 is 0 Å². The normalized spacial score (nSPS) is 15.2. The van der Waals surface area contributed by atoms with E-state index in [1.165, 1.54) is 7.05 Å². The number of hydrogen-bond acceptors (Lipinski definition) is 7. The molecule has 0 amide bonds. The summed E-state index contributed by atoms with van der Waals surface area (Å²) in [5.41, 5.74) is 0.737. The fourth-order valence-corrected chi connectivity index (χ4v) is 3.02. The second-order valence-corrected chi connectivity index (χ2v) is 6.48. The fourth-order valence-electron chi connectivity index (χ4n) is 3.02. The lowest BCUT2D eigenvalue weighted by molar-refractivity contribution is -0.137. The van der Waals surface area contributed by atoms with Gasteiger partial charge in [-0.05, 0) is 24.6 Å². The average Bonchev–Trinajstić information content (AvgIpc) is 2.70. The largest absolute Gasteiger partial charge is 0.492 e. The number of benzene rings is 1. The van der Waals surface area contributed by atoms with Gasteiger partial charge in [0.05, 0.1) is 25.5 Å². The van der Waals surface area contributed by atoms with Crippen LogP contribution in [0.1, 0.15) is 18.1 Å². The van der Waals surface area contributed by atoms with E-state index in [-0.39, 0.29) is 11.8 Å². The van der Waals surface area contributed by atoms with Gasteiger partial charge in [0.2, 0.25) is 5.95 Å². The van der Waals surface area contributed by atoms with Gasteiger partial charge in [0.1, 0.15) is 17.1 Å². The molecule has 1 fully saturated rings. The quantitative estimate of drug-likeness (QED) is 0.722. The van der Waals surface area contributed by atoms with Crippen LogP contribution in [0.25, 0.3) is 0 Å². The Kier molecular flexibility index (Phi) is 6.75. The summed E-state index contributed by atoms with van der Waals surface area (Å²) in [5, 5.41) is 5.42. The summed E-state index contributed by atoms with van der Waals surface area (Å²) in [6.07, 6.45) is -3.77. The van der Waals surface area contributed by atoms with E-state index in [2.05, 4.69) is 25.5 Å². The van der Waals surface area contributed by atoms with Crippen LogP contribution in [-0.4, -0.2) is 54.8 Å². The smallest absolute Gasteiger partial charge is 0.421 e. The molecule has 10 heteroatoms. The first-order valence-electron chi connectivity index (χ1n) is 9.35. The van der Waals surface area contributed by atoms with Gasteiger partial charge in [0.15, 0.2) is 0 Å². The van der Waals surface area contributed by atoms with Gasteiger partial charge in [-0.25, -0.2) is 4.98 Å². The third kappa shape index (κ3) is 5.48. The van der Waals surface area contributed by atoms with Gasteiger partial charge in [-0.15, -0.1) is 0 Å². The van der Waals surface area contributed by atoms with Crippen LogP contribution in [0.3, 0.4) is 0 Å². The predicted octanol–water partition coefficient (Wildman–Crippen LogP) is 3.51. The molecule has 1 aromatic carbocycles. The van der Waals surface area contributed by atoms with Crippen molar-refractivity contribution >= 4 is 17.5 Å². The van der Waals surface area contributed by atoms with E-state index in [1.807, 2.05) is 25.1 Å². The molecule has 0 saturated carbocycles. The molecule has 1 aromatic heterocycles. The molecular weight excluding hydrogens is 387 g/mol. The van der Waals surface area contributed by atoms with Crippen molar-refractivity contribution < 1.29 is 22.6 Å². The molecule has 1 aliphatic rings. The number of morpholine rings is 1. The summed E-state index contributed by atoms with van der Waals surface area (Å²) >= 11 is 0. The first kappa shape index (κ1) is 21.1. The Hall–Kier alpha value is -2.59. The van der Waals surface area contributed by atoms with E-state index in [4.69, 9.17) is 9.47 Å². The molecule has 0 spiro atoms. The second-order valence-electron chi connectivity index (χ2n) is 6.48. The standard InChI is InChI=1S/C19H24F3N5O2/c1-3-29-16-10-13(12-27-6-8-28-9-7-27)4-5-15(16)25-18-24-11-14(19(20,21)22)17(23-2)26-18/h4-5,10-11H,3,6-9,12H2,1-2H3,(H2,23,24,25,26). The Morgan fingerprint density at radius 3 is 2.66 bits per heavy atom. The molecule has 2 aromatic rings. The molecule has 0 aliphatic carbocycles. The maximum atomic E-state index is 13.0. The first-order valence-corrected chi connectivity index (χ1v) is 9.35. The SMILES string of the molecule is CCOc1cc(CN2CCOCC2)ccc1Nc1ncc(C(F)(F)F)c(NC)n1. The predicted molar refractivity (Wildman–Crippen MR) is 104 cm³/mol. The number of anilines is 3. The third-order valence-electron chi connectivity index (χ3n) is 4.43. The number of hydrogen-bond donors (Lipinski definition) is 2. The maximum absolute atomic E-state index is 13.0. The number of nitrogens with one attached hydrogen (secondary N) is 2. The Morgan fingerprint density at radius 1 is 1.24 bits per heavy atom. The van der Waals surface area contributed by atoms with Crippen molar-refractivity contribution in [2.45, 2.75) is 19.6 Å². The van der Waals surface area contributed by atoms with Crippen LogP contribution in [0.15, 0.2) is 24.4 Å². The van der Waals surface area contributed by atoms with E-state index in [0.717, 1.165) is 44.6 Å². The first-order chi connectivity index (χ1) is 13.9. The number of halogens is 3. The highest BCUT2D eigenvalue weighted by atomic mass is 19.4. The molecule has 2 heterocycles. The lowest BCUT2D eigenvalue weighted by Crippen LogP contribution is -2.35. The minimum absolute atomic E-state index is 0.0456. The van der Waals surface area contributed by atoms with Crippen molar-refractivity contribution in [2.75, 3.05) is 50.6 Å². The molecule has 0 unspecified atom stereocenters. The van der Waals surface area contributed by atoms with Gasteiger partial charge >= 0.3 is 6.18 Å². The molecule has 1 aliphatic heterocycles. The van der Waals surface area contributed by atoms with Crippen LogP contribution in [0.4, 0.5) is 30.6 Å². The number of alkyl halides is 3. The number of rotatable bonds is 7. The molecule has 0 bridgehead atoms. The Morgan fingerprint density at radius 2 is 2.00 bits per heavy atom. The molecule has 1 saturated heterocycles. The number of aromatic nitrogens is 2. The minimum atomic E-state index is -4.53. The summed E-state index contributed by atoms with van der Waals surface area (Å²) in [6.45, 7) is 6.27. The highest BCUT2D eigenvalue weighted by molar-refractivity contribution is 5.64. The molecule has 7 nitrogen and oxygen atoms in total. The van der Waals surface area contributed by atoms with Crippen LogP contribution in [0, 0.1) is 0 Å². The molecule has 158 valence electrons. The van der Waals surface area contributed by atoms with Gasteiger partial charge in [-0.1, -0.05) is 6.07 Å². The zero-order valence-corrected chi connectivity index (χ0v) is 16.3. The molecule has 0 atom stereocenters. The number of ether oxygens (including phenoxy) is 2. The van der Waals surface area contributed by atoms with E-state index in [0.29, 0.717) is 18.0 Å². The van der Waals surface area contributed by atoms with E-state index in [1.54, 1.807) is 0 Å². The van der Waals surface area contributed by atoms with Crippen molar-refractivity contribution in [1.29, 1.82) is 0 Å². The van der Waals surface area contributed by atoms with Gasteiger partial charge in [0, 0.05) is 32.9 Å². The average molecular weight is 411 g/mol. The van der Waals surface area contributed by atoms with Crippen LogP contribution in [-0.2, 0) is 17.5 Å². The van der Waals surface area contributed by atoms with E-state index < -0.39 is 11.7 Å². The molecule has 3 rings (SSSR count). The highest BCUT2D eigenvalue weighted by Crippen LogP contribution is 2.34. The van der Waals surface area contributed by atoms with Crippen LogP contribution >= 0.6 is 0 Å². The van der Waals surface area contributed by atoms with Crippen LogP contribution < -0.4 is 15.4 Å². The lowest BCUT2D eigenvalue weighted by atomic mass is 10.1. The summed E-state index contributed by atoms with van der Waals surface area (Å²) < 4.78 is 50.2. The van der Waals surface area contributed by atoms with Crippen molar-refractivity contribution in [2.24, 2.45) is 0 Å². The topological polar surface area (TPSA) is 71.5 Å². The van der Waals surface area contributed by atoms with Crippen molar-refractivity contribution in [3.05, 3.63) is 35.5 Å². The Balaban J connectivity index is 1.80. The zero-order valence-electron chi connectivity index (χ0n) is 16.3. The summed E-state index contributed by atoms with van der Waals surface area (Å²) in [6, 6.07) is 5.69. The van der Waals surface area contributed by atoms with Gasteiger partial charge in [0.25, 0.3) is 0 Å². The van der Waals surface area contributed by atoms with Gasteiger partial charge < -0.3 is 20.1 Å². The van der Waals surface area contributed by atoms with E-state index in [9.17, 15) is 13.2 Å². The monoisotopic (exact) mass is 411 g/mol. The summed E-state index contributed by atoms with van der Waals surface area (Å²) in [4.78, 5) is 10.0. The zero-order chi connectivity index (χ0) is 20.9. The second kappa shape index (κ2) is 9.27. The van der Waals surface area contributed by atoms with Crippen LogP contribution in [0.2, 0.25) is 0 Å². The Labute approximate surface area is 167 Å². The molecular formula is C19H24F3N5O2. The summed E-state index contributed by atoms with van der Waals surface area (Å²) in [5.74, 6) is 0.342. The fraction of sp³-hybridized carbons (Fsp3) is 0.474. The maximum Gasteiger partial charge on any atom is 0.421 e. The Bertz CT molecular complexity index is 826. The van der Waals surface area contributed by atoms with Crippen LogP contribution in [0.5, 0.6) is 5.75 Å². The van der Waals surface area contributed by atoms with Gasteiger partial charge in [-0.3, -0.25) is 4.90 Å². The van der Waals surface area contributed by atoms with Crippen molar-refractivity contribution in [3.63, 3.8) is 0 Å². The minimum Gasteiger partial charge on any atom is -0.492 e. The van der Waals surface area contributed by atoms with Gasteiger partial charge in [-0.2, -0.15) is 18.2 Å². The molecule has 2 N–H and O–H groups in total. The molecule has 29 heavy (non-hydrogen) atoms. The van der Waals surface area contributed by atoms with Crippen molar-refractivity contribution in [3.8, 4) is 5.75 Å². The lowest BCUT2D eigenvalue weighted by Gasteiger charge is -2.26. The molecule has 0 radical (unpaired) electrons. The number of nitrogens with zero attached hydrogens (tertiary/aromatic N) is 3. The highest BCUT2D eigenvalue weighted by Gasteiger charge is 2.35. The van der Waals surface area contributed by atoms with Crippen molar-refractivity contribution in [1.82, 2.24) is 14.9 Å². The summed E-state index contributed by atoms with van der Waals surface area (Å²) in [7, 11) is 1.38. The third-order valence-corrected chi connectivity index (χ3v) is 4.43.